The number of hydrogen-bond donors (Lipinski definition) is 1. The number of benzene rings is 1. The number of nitrogens with zero attached hydrogens (tertiary/aromatic N) is 1. The maximum Gasteiger partial charge on any atom is 0.228 e. The Morgan fingerprint density at radius 2 is 2.28 bits per heavy atom. The Morgan fingerprint density at radius 1 is 1.39 bits per heavy atom. The number of amides is 1. The van der Waals surface area contributed by atoms with E-state index in [0.29, 0.717) is 13.2 Å². The Balaban J connectivity index is 1.77. The number of ether oxygens (including phenoxy) is 1. The number of aromatic amines is 1. The van der Waals surface area contributed by atoms with Gasteiger partial charge in [0.2, 0.25) is 5.91 Å². The molecule has 0 radical (unpaired) electrons. The minimum Gasteiger partial charge on any atom is -0.361 e. The van der Waals surface area contributed by atoms with E-state index in [0.717, 1.165) is 36.0 Å². The number of nitrogens with one attached hydrogen (secondary N) is 1. The van der Waals surface area contributed by atoms with Gasteiger partial charge in [-0.05, 0) is 18.1 Å². The quantitative estimate of drug-likeness (QED) is 0.877. The van der Waals surface area contributed by atoms with Crippen LogP contribution in [-0.2, 0) is 16.0 Å². The van der Waals surface area contributed by atoms with Gasteiger partial charge in [-0.25, -0.2) is 0 Å². The predicted molar refractivity (Wildman–Crippen MR) is 69.2 cm³/mol. The number of rotatable bonds is 2. The molecule has 0 saturated carbocycles. The second-order valence-electron chi connectivity index (χ2n) is 4.58. The normalized spacial score (nSPS) is 16.1. The van der Waals surface area contributed by atoms with Crippen molar-refractivity contribution in [2.45, 2.75) is 12.8 Å². The molecule has 1 aliphatic heterocycles. The summed E-state index contributed by atoms with van der Waals surface area (Å²) in [6.07, 6.45) is 3.29. The van der Waals surface area contributed by atoms with E-state index in [1.165, 1.54) is 0 Å². The van der Waals surface area contributed by atoms with E-state index in [1.807, 2.05) is 30.5 Å². The predicted octanol–water partition coefficient (Wildman–Crippen LogP) is 1.92. The van der Waals surface area contributed by atoms with Gasteiger partial charge in [-0.1, -0.05) is 18.2 Å². The zero-order valence-corrected chi connectivity index (χ0v) is 10.2. The van der Waals surface area contributed by atoms with Crippen molar-refractivity contribution in [3.05, 3.63) is 36.0 Å². The van der Waals surface area contributed by atoms with Crippen LogP contribution in [0.1, 0.15) is 12.0 Å². The molecule has 4 heteroatoms. The van der Waals surface area contributed by atoms with Crippen molar-refractivity contribution in [1.82, 2.24) is 9.88 Å². The van der Waals surface area contributed by atoms with Gasteiger partial charge >= 0.3 is 0 Å². The van der Waals surface area contributed by atoms with Gasteiger partial charge in [-0.3, -0.25) is 4.79 Å². The summed E-state index contributed by atoms with van der Waals surface area (Å²) in [6, 6.07) is 8.05. The lowest BCUT2D eigenvalue weighted by Crippen LogP contribution is -2.39. The number of carbonyl (C=O) groups is 1. The highest BCUT2D eigenvalue weighted by atomic mass is 16.5. The van der Waals surface area contributed by atoms with E-state index < -0.39 is 0 Å². The Hall–Kier alpha value is -1.81. The maximum atomic E-state index is 12.1. The third-order valence-corrected chi connectivity index (χ3v) is 3.33. The van der Waals surface area contributed by atoms with Crippen molar-refractivity contribution >= 4 is 16.8 Å². The standard InChI is InChI=1S/C14H16N2O2/c17-14(16-6-3-7-18-10-16)8-11-9-15-13-5-2-1-4-12(11)13/h1-2,4-5,9,15H,3,6-8,10H2. The van der Waals surface area contributed by atoms with Crippen LogP contribution >= 0.6 is 0 Å². The van der Waals surface area contributed by atoms with Gasteiger partial charge in [0, 0.05) is 23.6 Å². The lowest BCUT2D eigenvalue weighted by Gasteiger charge is -2.26. The van der Waals surface area contributed by atoms with Crippen LogP contribution in [0.2, 0.25) is 0 Å². The van der Waals surface area contributed by atoms with Crippen molar-refractivity contribution < 1.29 is 9.53 Å². The highest BCUT2D eigenvalue weighted by Crippen LogP contribution is 2.19. The average molecular weight is 244 g/mol. The molecule has 1 N–H and O–H groups in total. The number of hydrogen-bond acceptors (Lipinski definition) is 2. The monoisotopic (exact) mass is 244 g/mol. The van der Waals surface area contributed by atoms with E-state index in [4.69, 9.17) is 4.74 Å². The molecule has 1 fully saturated rings. The van der Waals surface area contributed by atoms with Gasteiger partial charge in [-0.15, -0.1) is 0 Å². The first-order valence-electron chi connectivity index (χ1n) is 6.25. The highest BCUT2D eigenvalue weighted by Gasteiger charge is 2.18. The molecule has 3 rings (SSSR count). The van der Waals surface area contributed by atoms with Gasteiger partial charge < -0.3 is 14.6 Å². The fourth-order valence-corrected chi connectivity index (χ4v) is 2.35. The Kier molecular flexibility index (Phi) is 3.02. The van der Waals surface area contributed by atoms with Gasteiger partial charge in [-0.2, -0.15) is 0 Å². The van der Waals surface area contributed by atoms with Gasteiger partial charge in [0.25, 0.3) is 0 Å². The number of H-pyrrole nitrogens is 1. The van der Waals surface area contributed by atoms with Gasteiger partial charge in [0.1, 0.15) is 6.73 Å². The van der Waals surface area contributed by atoms with Crippen molar-refractivity contribution in [1.29, 1.82) is 0 Å². The van der Waals surface area contributed by atoms with Crippen LogP contribution in [0.15, 0.2) is 30.5 Å². The Labute approximate surface area is 106 Å². The van der Waals surface area contributed by atoms with Gasteiger partial charge in [0.15, 0.2) is 0 Å². The largest absolute Gasteiger partial charge is 0.361 e. The van der Waals surface area contributed by atoms with Crippen LogP contribution in [0, 0.1) is 0 Å². The fraction of sp³-hybridized carbons (Fsp3) is 0.357. The van der Waals surface area contributed by atoms with E-state index in [2.05, 4.69) is 4.98 Å². The van der Waals surface area contributed by atoms with Crippen molar-refractivity contribution in [3.63, 3.8) is 0 Å². The fourth-order valence-electron chi connectivity index (χ4n) is 2.35. The summed E-state index contributed by atoms with van der Waals surface area (Å²) < 4.78 is 5.31. The number of carbonyl (C=O) groups excluding carboxylic acids is 1. The van der Waals surface area contributed by atoms with E-state index >= 15 is 0 Å². The minimum absolute atomic E-state index is 0.138. The molecule has 0 spiro atoms. The zero-order valence-electron chi connectivity index (χ0n) is 10.2. The Morgan fingerprint density at radius 3 is 3.11 bits per heavy atom. The third-order valence-electron chi connectivity index (χ3n) is 3.33. The molecule has 0 bridgehead atoms. The number of fused-ring (bicyclic) bond motifs is 1. The van der Waals surface area contributed by atoms with Crippen LogP contribution < -0.4 is 0 Å². The highest BCUT2D eigenvalue weighted by molar-refractivity contribution is 5.88. The molecule has 18 heavy (non-hydrogen) atoms. The van der Waals surface area contributed by atoms with Gasteiger partial charge in [0.05, 0.1) is 13.0 Å². The second kappa shape index (κ2) is 4.82. The van der Waals surface area contributed by atoms with Crippen LogP contribution in [0.3, 0.4) is 0 Å². The smallest absolute Gasteiger partial charge is 0.228 e. The van der Waals surface area contributed by atoms with Crippen molar-refractivity contribution in [2.24, 2.45) is 0 Å². The molecule has 0 aliphatic carbocycles. The summed E-state index contributed by atoms with van der Waals surface area (Å²) in [6.45, 7) is 2.00. The summed E-state index contributed by atoms with van der Waals surface area (Å²) in [4.78, 5) is 17.1. The van der Waals surface area contributed by atoms with Crippen molar-refractivity contribution in [3.8, 4) is 0 Å². The summed E-state index contributed by atoms with van der Waals surface area (Å²) in [5.41, 5.74) is 2.14. The number of para-hydroxylation sites is 1. The molecular formula is C14H16N2O2. The summed E-state index contributed by atoms with van der Waals surface area (Å²) in [5.74, 6) is 0.138. The van der Waals surface area contributed by atoms with E-state index in [-0.39, 0.29) is 5.91 Å². The molecule has 1 saturated heterocycles. The molecule has 1 aliphatic rings. The molecular weight excluding hydrogens is 228 g/mol. The summed E-state index contributed by atoms with van der Waals surface area (Å²) in [5, 5.41) is 1.13. The Bertz CT molecular complexity index is 556. The van der Waals surface area contributed by atoms with Crippen LogP contribution in [0.4, 0.5) is 0 Å². The first-order chi connectivity index (χ1) is 8.84. The lowest BCUT2D eigenvalue weighted by molar-refractivity contribution is -0.139. The minimum atomic E-state index is 0.138. The molecule has 1 aromatic carbocycles. The number of aromatic nitrogens is 1. The van der Waals surface area contributed by atoms with E-state index in [1.54, 1.807) is 4.90 Å². The van der Waals surface area contributed by atoms with Crippen LogP contribution in [0.25, 0.3) is 10.9 Å². The molecule has 0 unspecified atom stereocenters. The molecule has 94 valence electrons. The molecule has 2 heterocycles. The van der Waals surface area contributed by atoms with Crippen molar-refractivity contribution in [2.75, 3.05) is 19.9 Å². The SMILES string of the molecule is O=C(Cc1c[nH]c2ccccc12)N1CCCOC1. The average Bonchev–Trinajstić information content (AvgIpc) is 2.83. The van der Waals surface area contributed by atoms with E-state index in [9.17, 15) is 4.79 Å². The summed E-state index contributed by atoms with van der Waals surface area (Å²) in [7, 11) is 0. The first-order valence-corrected chi connectivity index (χ1v) is 6.25. The summed E-state index contributed by atoms with van der Waals surface area (Å²) >= 11 is 0. The topological polar surface area (TPSA) is 45.3 Å². The van der Waals surface area contributed by atoms with Crippen LogP contribution in [-0.4, -0.2) is 35.7 Å². The second-order valence-corrected chi connectivity index (χ2v) is 4.58. The molecule has 0 atom stereocenters. The maximum absolute atomic E-state index is 12.1. The molecule has 2 aromatic rings. The third kappa shape index (κ3) is 2.11. The molecule has 4 nitrogen and oxygen atoms in total. The first kappa shape index (κ1) is 11.3. The zero-order chi connectivity index (χ0) is 12.4. The molecule has 1 amide bonds. The van der Waals surface area contributed by atoms with Crippen LogP contribution in [0.5, 0.6) is 0 Å². The molecule has 1 aromatic heterocycles. The lowest BCUT2D eigenvalue weighted by atomic mass is 10.1.